The van der Waals surface area contributed by atoms with Gasteiger partial charge in [-0.1, -0.05) is 194 Å². The maximum atomic E-state index is 2.45. The second-order valence-corrected chi connectivity index (χ2v) is 17.4. The molecule has 0 fully saturated rings. The van der Waals surface area contributed by atoms with Crippen LogP contribution in [-0.2, 0) is 0 Å². The minimum atomic E-state index is 1.09. The smallest absolute Gasteiger partial charge is 0.0541 e. The van der Waals surface area contributed by atoms with Gasteiger partial charge in [-0.05, 0) is 152 Å². The minimum Gasteiger partial charge on any atom is -0.310 e. The average molecular weight is 867 g/mol. The predicted octanol–water partition coefficient (Wildman–Crippen LogP) is 18.3. The maximum Gasteiger partial charge on any atom is 0.0541 e. The number of benzene rings is 11. The summed E-state index contributed by atoms with van der Waals surface area (Å²) in [6, 6.07) is 101. The number of hydrogen-bond acceptors (Lipinski definition) is 1. The third kappa shape index (κ3) is 7.85. The SMILES string of the molecule is c1ccc(-c2cccc(-c3cccc(N(c4ccccc4)c4cccc(-c5ccc6c(c5)c5ccccc5n6-c5cc(-c6ccccc6)cc(-c6cccc(-c7ccccc7)c6)c5)c4)c3)c2)cc1. The fraction of sp³-hybridized carbons (Fsp3) is 0. The molecule has 0 aliphatic heterocycles. The van der Waals surface area contributed by atoms with Gasteiger partial charge in [-0.3, -0.25) is 0 Å². The molecule has 0 spiro atoms. The van der Waals surface area contributed by atoms with E-state index in [0.29, 0.717) is 0 Å². The second kappa shape index (κ2) is 17.8. The lowest BCUT2D eigenvalue weighted by Crippen LogP contribution is -2.10. The summed E-state index contributed by atoms with van der Waals surface area (Å²) >= 11 is 0. The van der Waals surface area contributed by atoms with Crippen molar-refractivity contribution >= 4 is 38.9 Å². The molecule has 0 N–H and O–H groups in total. The van der Waals surface area contributed by atoms with Crippen LogP contribution in [0.3, 0.4) is 0 Å². The highest BCUT2D eigenvalue weighted by Gasteiger charge is 2.18. The van der Waals surface area contributed by atoms with Crippen LogP contribution in [0.2, 0.25) is 0 Å². The van der Waals surface area contributed by atoms with E-state index < -0.39 is 0 Å². The molecule has 0 saturated carbocycles. The van der Waals surface area contributed by atoms with Crippen molar-refractivity contribution in [2.45, 2.75) is 0 Å². The Kier molecular flexibility index (Phi) is 10.6. The van der Waals surface area contributed by atoms with Gasteiger partial charge in [0.05, 0.1) is 11.0 Å². The fourth-order valence-electron chi connectivity index (χ4n) is 9.83. The zero-order chi connectivity index (χ0) is 45.2. The van der Waals surface area contributed by atoms with E-state index >= 15 is 0 Å². The summed E-state index contributed by atoms with van der Waals surface area (Å²) in [5.41, 5.74) is 21.0. The van der Waals surface area contributed by atoms with Crippen LogP contribution in [0.5, 0.6) is 0 Å². The number of nitrogens with zero attached hydrogens (tertiary/aromatic N) is 2. The molecule has 0 aliphatic carbocycles. The molecule has 2 nitrogen and oxygen atoms in total. The summed E-state index contributed by atoms with van der Waals surface area (Å²) in [6.07, 6.45) is 0. The van der Waals surface area contributed by atoms with Crippen molar-refractivity contribution in [3.63, 3.8) is 0 Å². The van der Waals surface area contributed by atoms with Gasteiger partial charge in [0.25, 0.3) is 0 Å². The van der Waals surface area contributed by atoms with Crippen molar-refractivity contribution in [1.82, 2.24) is 4.57 Å². The Hall–Kier alpha value is -8.98. The van der Waals surface area contributed by atoms with Crippen molar-refractivity contribution in [3.05, 3.63) is 279 Å². The molecule has 68 heavy (non-hydrogen) atoms. The lowest BCUT2D eigenvalue weighted by Gasteiger charge is -2.26. The molecule has 0 atom stereocenters. The monoisotopic (exact) mass is 866 g/mol. The fourth-order valence-corrected chi connectivity index (χ4v) is 9.83. The average Bonchev–Trinajstić information content (AvgIpc) is 3.76. The summed E-state index contributed by atoms with van der Waals surface area (Å²) in [5.74, 6) is 0. The molecule has 1 heterocycles. The molecular weight excluding hydrogens is 821 g/mol. The Labute approximate surface area is 397 Å². The van der Waals surface area contributed by atoms with Crippen LogP contribution in [0.4, 0.5) is 17.1 Å². The lowest BCUT2D eigenvalue weighted by molar-refractivity contribution is 1.18. The van der Waals surface area contributed by atoms with Crippen LogP contribution >= 0.6 is 0 Å². The molecule has 12 rings (SSSR count). The predicted molar refractivity (Wildman–Crippen MR) is 288 cm³/mol. The normalized spacial score (nSPS) is 11.2. The van der Waals surface area contributed by atoms with Gasteiger partial charge in [-0.15, -0.1) is 0 Å². The van der Waals surface area contributed by atoms with E-state index in [-0.39, 0.29) is 0 Å². The largest absolute Gasteiger partial charge is 0.310 e. The summed E-state index contributed by atoms with van der Waals surface area (Å²) in [4.78, 5) is 2.37. The summed E-state index contributed by atoms with van der Waals surface area (Å²) in [5, 5.41) is 2.43. The molecule has 11 aromatic carbocycles. The van der Waals surface area contributed by atoms with Crippen molar-refractivity contribution in [1.29, 1.82) is 0 Å². The van der Waals surface area contributed by atoms with Gasteiger partial charge in [-0.2, -0.15) is 0 Å². The van der Waals surface area contributed by atoms with E-state index in [1.54, 1.807) is 0 Å². The molecule has 0 aliphatic rings. The molecule has 0 bridgehead atoms. The molecule has 1 aromatic heterocycles. The van der Waals surface area contributed by atoms with Gasteiger partial charge in [0.15, 0.2) is 0 Å². The summed E-state index contributed by atoms with van der Waals surface area (Å²) in [6.45, 7) is 0. The second-order valence-electron chi connectivity index (χ2n) is 17.4. The Bertz CT molecular complexity index is 3720. The van der Waals surface area contributed by atoms with Crippen LogP contribution in [-0.4, -0.2) is 4.57 Å². The quantitative estimate of drug-likeness (QED) is 0.133. The Morgan fingerprint density at radius 3 is 1.12 bits per heavy atom. The number of anilines is 3. The van der Waals surface area contributed by atoms with E-state index in [9.17, 15) is 0 Å². The van der Waals surface area contributed by atoms with Crippen LogP contribution in [0.1, 0.15) is 0 Å². The molecule has 2 heteroatoms. The first-order valence-electron chi connectivity index (χ1n) is 23.3. The molecule has 12 aromatic rings. The van der Waals surface area contributed by atoms with Gasteiger partial charge in [0.2, 0.25) is 0 Å². The van der Waals surface area contributed by atoms with Crippen LogP contribution in [0, 0.1) is 0 Å². The van der Waals surface area contributed by atoms with E-state index in [1.165, 1.54) is 77.4 Å². The van der Waals surface area contributed by atoms with Crippen LogP contribution in [0.15, 0.2) is 279 Å². The molecule has 0 saturated heterocycles. The van der Waals surface area contributed by atoms with E-state index in [0.717, 1.165) is 33.9 Å². The molecule has 0 amide bonds. The van der Waals surface area contributed by atoms with E-state index in [4.69, 9.17) is 0 Å². The zero-order valence-corrected chi connectivity index (χ0v) is 37.5. The summed E-state index contributed by atoms with van der Waals surface area (Å²) < 4.78 is 2.45. The third-order valence-electron chi connectivity index (χ3n) is 13.1. The first-order chi connectivity index (χ1) is 33.7. The topological polar surface area (TPSA) is 8.17 Å². The molecule has 320 valence electrons. The van der Waals surface area contributed by atoms with Gasteiger partial charge >= 0.3 is 0 Å². The van der Waals surface area contributed by atoms with E-state index in [1.807, 2.05) is 0 Å². The summed E-state index contributed by atoms with van der Waals surface area (Å²) in [7, 11) is 0. The zero-order valence-electron chi connectivity index (χ0n) is 37.5. The number of aromatic nitrogens is 1. The highest BCUT2D eigenvalue weighted by molar-refractivity contribution is 6.10. The van der Waals surface area contributed by atoms with Gasteiger partial charge in [0.1, 0.15) is 0 Å². The van der Waals surface area contributed by atoms with Gasteiger partial charge in [0, 0.05) is 33.5 Å². The molecule has 0 radical (unpaired) electrons. The van der Waals surface area contributed by atoms with Crippen LogP contribution in [0.25, 0.3) is 94.3 Å². The number of rotatable bonds is 10. The lowest BCUT2D eigenvalue weighted by atomic mass is 9.95. The maximum absolute atomic E-state index is 2.45. The van der Waals surface area contributed by atoms with Crippen LogP contribution < -0.4 is 4.90 Å². The number of fused-ring (bicyclic) bond motifs is 3. The first kappa shape index (κ1) is 40.5. The van der Waals surface area contributed by atoms with Gasteiger partial charge < -0.3 is 9.47 Å². The van der Waals surface area contributed by atoms with Crippen molar-refractivity contribution < 1.29 is 0 Å². The Balaban J connectivity index is 0.958. The van der Waals surface area contributed by atoms with Crippen molar-refractivity contribution in [2.75, 3.05) is 4.90 Å². The Morgan fingerprint density at radius 1 is 0.206 bits per heavy atom. The van der Waals surface area contributed by atoms with Gasteiger partial charge in [-0.25, -0.2) is 0 Å². The molecule has 0 unspecified atom stereocenters. The first-order valence-corrected chi connectivity index (χ1v) is 23.3. The third-order valence-corrected chi connectivity index (χ3v) is 13.1. The van der Waals surface area contributed by atoms with Crippen molar-refractivity contribution in [2.24, 2.45) is 0 Å². The highest BCUT2D eigenvalue weighted by Crippen LogP contribution is 2.41. The van der Waals surface area contributed by atoms with Crippen molar-refractivity contribution in [3.8, 4) is 72.4 Å². The minimum absolute atomic E-state index is 1.09. The highest BCUT2D eigenvalue weighted by atomic mass is 15.1. The Morgan fingerprint density at radius 2 is 0.559 bits per heavy atom. The standard InChI is InChI=1S/C66H46N2/c1-5-19-47(20-6-1)50-25-15-27-52(39-50)54-29-17-33-60(42-54)67(59-31-11-4-12-32-59)61-34-18-30-55(43-61)56-37-38-66-64(46-56)63-35-13-14-36-65(63)68(66)62-44-57(49-23-9-3-10-24-49)41-58(45-62)53-28-16-26-51(40-53)48-21-7-2-8-22-48/h1-46H. The van der Waals surface area contributed by atoms with E-state index in [2.05, 4.69) is 289 Å². The number of para-hydroxylation sites is 2. The molecular formula is C66H46N2. The number of hydrogen-bond donors (Lipinski definition) is 0.